The SMILES string of the molecule is CCC(CC)=Nn1c(-c2cccs2)csc1=NCCc1ccccc1. The van der Waals surface area contributed by atoms with Crippen molar-refractivity contribution in [2.24, 2.45) is 10.1 Å². The largest absolute Gasteiger partial charge is 0.257 e. The van der Waals surface area contributed by atoms with E-state index in [2.05, 4.69) is 61.0 Å². The summed E-state index contributed by atoms with van der Waals surface area (Å²) in [7, 11) is 0. The Balaban J connectivity index is 1.93. The molecular weight excluding hydrogens is 346 g/mol. The van der Waals surface area contributed by atoms with Crippen molar-refractivity contribution in [2.75, 3.05) is 6.54 Å². The lowest BCUT2D eigenvalue weighted by Gasteiger charge is -2.05. The van der Waals surface area contributed by atoms with Crippen molar-refractivity contribution in [3.05, 3.63) is 63.6 Å². The van der Waals surface area contributed by atoms with Gasteiger partial charge in [-0.3, -0.25) is 4.99 Å². The van der Waals surface area contributed by atoms with Gasteiger partial charge in [0.25, 0.3) is 0 Å². The third kappa shape index (κ3) is 4.55. The van der Waals surface area contributed by atoms with Gasteiger partial charge in [0.05, 0.1) is 10.6 Å². The third-order valence-corrected chi connectivity index (χ3v) is 5.75. The number of thiazole rings is 1. The molecular formula is C20H23N3S2. The zero-order chi connectivity index (χ0) is 17.5. The molecule has 2 aromatic heterocycles. The third-order valence-electron chi connectivity index (χ3n) is 4.01. The molecule has 0 aliphatic heterocycles. The Morgan fingerprint density at radius 1 is 1.00 bits per heavy atom. The first kappa shape index (κ1) is 17.8. The van der Waals surface area contributed by atoms with Crippen LogP contribution >= 0.6 is 22.7 Å². The molecule has 3 nitrogen and oxygen atoms in total. The van der Waals surface area contributed by atoms with Gasteiger partial charge < -0.3 is 0 Å². The van der Waals surface area contributed by atoms with Gasteiger partial charge in [-0.1, -0.05) is 50.2 Å². The van der Waals surface area contributed by atoms with Crippen molar-refractivity contribution < 1.29 is 0 Å². The fourth-order valence-corrected chi connectivity index (χ4v) is 4.21. The summed E-state index contributed by atoms with van der Waals surface area (Å²) in [4.78, 5) is 7.04. The maximum absolute atomic E-state index is 4.89. The first-order valence-electron chi connectivity index (χ1n) is 8.67. The molecule has 0 amide bonds. The topological polar surface area (TPSA) is 29.6 Å². The Kier molecular flexibility index (Phi) is 6.36. The molecule has 0 N–H and O–H groups in total. The summed E-state index contributed by atoms with van der Waals surface area (Å²) >= 11 is 3.41. The normalized spacial score (nSPS) is 11.7. The van der Waals surface area contributed by atoms with Crippen molar-refractivity contribution in [3.63, 3.8) is 0 Å². The molecule has 0 radical (unpaired) electrons. The van der Waals surface area contributed by atoms with E-state index in [1.165, 1.54) is 16.2 Å². The molecule has 2 heterocycles. The molecule has 3 aromatic rings. The van der Waals surface area contributed by atoms with Gasteiger partial charge >= 0.3 is 0 Å². The van der Waals surface area contributed by atoms with Gasteiger partial charge in [-0.05, 0) is 36.3 Å². The highest BCUT2D eigenvalue weighted by Gasteiger charge is 2.09. The quantitative estimate of drug-likeness (QED) is 0.496. The molecule has 0 aliphatic carbocycles. The second-order valence-corrected chi connectivity index (χ2v) is 7.47. The number of aromatic nitrogens is 1. The highest BCUT2D eigenvalue weighted by molar-refractivity contribution is 7.14. The van der Waals surface area contributed by atoms with Crippen molar-refractivity contribution >= 4 is 28.4 Å². The first-order chi connectivity index (χ1) is 12.3. The first-order valence-corrected chi connectivity index (χ1v) is 10.4. The summed E-state index contributed by atoms with van der Waals surface area (Å²) in [5.41, 5.74) is 3.65. The fourth-order valence-electron chi connectivity index (χ4n) is 2.56. The lowest BCUT2D eigenvalue weighted by Crippen LogP contribution is -2.15. The van der Waals surface area contributed by atoms with Gasteiger partial charge in [-0.2, -0.15) is 5.10 Å². The average Bonchev–Trinajstić information content (AvgIpc) is 3.30. The number of hydrogen-bond donors (Lipinski definition) is 0. The maximum atomic E-state index is 4.89. The van der Waals surface area contributed by atoms with Crippen LogP contribution in [0.25, 0.3) is 10.6 Å². The van der Waals surface area contributed by atoms with Crippen molar-refractivity contribution in [3.8, 4) is 10.6 Å². The van der Waals surface area contributed by atoms with Gasteiger partial charge in [0.15, 0.2) is 0 Å². The number of benzene rings is 1. The van der Waals surface area contributed by atoms with E-state index in [4.69, 9.17) is 10.1 Å². The fraction of sp³-hybridized carbons (Fsp3) is 0.300. The smallest absolute Gasteiger partial charge is 0.206 e. The van der Waals surface area contributed by atoms with E-state index >= 15 is 0 Å². The van der Waals surface area contributed by atoms with Crippen LogP contribution in [0.3, 0.4) is 0 Å². The molecule has 0 aliphatic rings. The van der Waals surface area contributed by atoms with E-state index in [0.29, 0.717) is 0 Å². The van der Waals surface area contributed by atoms with Gasteiger partial charge in [-0.25, -0.2) is 4.68 Å². The van der Waals surface area contributed by atoms with Crippen molar-refractivity contribution in [2.45, 2.75) is 33.1 Å². The molecule has 0 fully saturated rings. The van der Waals surface area contributed by atoms with Gasteiger partial charge in [0.2, 0.25) is 4.80 Å². The van der Waals surface area contributed by atoms with Gasteiger partial charge in [-0.15, -0.1) is 22.7 Å². The molecule has 0 saturated heterocycles. The van der Waals surface area contributed by atoms with Crippen LogP contribution in [0.5, 0.6) is 0 Å². The molecule has 25 heavy (non-hydrogen) atoms. The minimum absolute atomic E-state index is 0.775. The van der Waals surface area contributed by atoms with Crippen LogP contribution < -0.4 is 4.80 Å². The highest BCUT2D eigenvalue weighted by Crippen LogP contribution is 2.25. The van der Waals surface area contributed by atoms with Crippen LogP contribution in [0.1, 0.15) is 32.3 Å². The molecule has 0 unspecified atom stereocenters. The Morgan fingerprint density at radius 2 is 1.80 bits per heavy atom. The predicted molar refractivity (Wildman–Crippen MR) is 110 cm³/mol. The van der Waals surface area contributed by atoms with E-state index in [1.54, 1.807) is 22.7 Å². The second kappa shape index (κ2) is 8.92. The van der Waals surface area contributed by atoms with Crippen molar-refractivity contribution in [1.82, 2.24) is 4.68 Å². The number of thiophene rings is 1. The summed E-state index contributed by atoms with van der Waals surface area (Å²) in [6, 6.07) is 14.7. The lowest BCUT2D eigenvalue weighted by atomic mass is 10.2. The molecule has 0 spiro atoms. The monoisotopic (exact) mass is 369 g/mol. The molecule has 0 saturated carbocycles. The van der Waals surface area contributed by atoms with E-state index in [1.807, 2.05) is 10.7 Å². The van der Waals surface area contributed by atoms with E-state index < -0.39 is 0 Å². The van der Waals surface area contributed by atoms with E-state index in [9.17, 15) is 0 Å². The number of nitrogens with zero attached hydrogens (tertiary/aromatic N) is 3. The number of hydrogen-bond acceptors (Lipinski definition) is 4. The van der Waals surface area contributed by atoms with Crippen LogP contribution in [0.15, 0.2) is 63.3 Å². The second-order valence-electron chi connectivity index (χ2n) is 5.68. The number of rotatable bonds is 7. The zero-order valence-corrected chi connectivity index (χ0v) is 16.3. The Labute approximate surface area is 157 Å². The van der Waals surface area contributed by atoms with Crippen molar-refractivity contribution in [1.29, 1.82) is 0 Å². The van der Waals surface area contributed by atoms with E-state index in [0.717, 1.165) is 36.3 Å². The van der Waals surface area contributed by atoms with Crippen LogP contribution in [0, 0.1) is 0 Å². The minimum atomic E-state index is 0.775. The summed E-state index contributed by atoms with van der Waals surface area (Å²) in [6.45, 7) is 5.09. The molecule has 3 rings (SSSR count). The molecule has 5 heteroatoms. The van der Waals surface area contributed by atoms with Crippen LogP contribution in [-0.2, 0) is 6.42 Å². The Bertz CT molecular complexity index is 865. The maximum Gasteiger partial charge on any atom is 0.206 e. The zero-order valence-electron chi connectivity index (χ0n) is 14.7. The summed E-state index contributed by atoms with van der Waals surface area (Å²) in [5.74, 6) is 0. The summed E-state index contributed by atoms with van der Waals surface area (Å²) < 4.78 is 2.03. The molecule has 1 aromatic carbocycles. The minimum Gasteiger partial charge on any atom is -0.257 e. The Morgan fingerprint density at radius 3 is 2.48 bits per heavy atom. The summed E-state index contributed by atoms with van der Waals surface area (Å²) in [5, 5.41) is 9.17. The standard InChI is InChI=1S/C20H23N3S2/c1-3-17(4-2)22-23-18(19-11-8-14-24-19)15-25-20(23)21-13-12-16-9-6-5-7-10-16/h5-11,14-15H,3-4,12-13H2,1-2H3. The lowest BCUT2D eigenvalue weighted by molar-refractivity contribution is 0.804. The predicted octanol–water partition coefficient (Wildman–Crippen LogP) is 5.45. The summed E-state index contributed by atoms with van der Waals surface area (Å²) in [6.07, 6.45) is 2.88. The Hall–Kier alpha value is -1.98. The average molecular weight is 370 g/mol. The van der Waals surface area contributed by atoms with Crippen LogP contribution in [-0.4, -0.2) is 16.9 Å². The van der Waals surface area contributed by atoms with Crippen LogP contribution in [0.2, 0.25) is 0 Å². The van der Waals surface area contributed by atoms with Crippen LogP contribution in [0.4, 0.5) is 0 Å². The molecule has 0 atom stereocenters. The van der Waals surface area contributed by atoms with Gasteiger partial charge in [0.1, 0.15) is 0 Å². The van der Waals surface area contributed by atoms with Gasteiger partial charge in [0, 0.05) is 17.6 Å². The molecule has 0 bridgehead atoms. The molecule has 130 valence electrons. The highest BCUT2D eigenvalue weighted by atomic mass is 32.1. The van der Waals surface area contributed by atoms with E-state index in [-0.39, 0.29) is 0 Å².